The molecule has 3 heterocycles. The fourth-order valence-corrected chi connectivity index (χ4v) is 1.78. The lowest BCUT2D eigenvalue weighted by molar-refractivity contribution is 0.720. The Morgan fingerprint density at radius 2 is 2.32 bits per heavy atom. The van der Waals surface area contributed by atoms with Gasteiger partial charge in [0.2, 0.25) is 5.95 Å². The van der Waals surface area contributed by atoms with Gasteiger partial charge in [0.25, 0.3) is 0 Å². The number of aromatic amines is 1. The van der Waals surface area contributed by atoms with Gasteiger partial charge < -0.3 is 5.32 Å². The Morgan fingerprint density at radius 3 is 3.05 bits per heavy atom. The van der Waals surface area contributed by atoms with Crippen LogP contribution in [0.25, 0.3) is 11.0 Å². The quantitative estimate of drug-likeness (QED) is 0.383. The van der Waals surface area contributed by atoms with E-state index in [4.69, 9.17) is 5.84 Å². The van der Waals surface area contributed by atoms with Crippen molar-refractivity contribution in [2.45, 2.75) is 6.54 Å². The number of hydrogen-bond donors (Lipinski definition) is 4. The van der Waals surface area contributed by atoms with E-state index in [0.717, 1.165) is 11.1 Å². The first-order valence-electron chi connectivity index (χ1n) is 5.66. The highest BCUT2D eigenvalue weighted by molar-refractivity contribution is 5.86. The van der Waals surface area contributed by atoms with Crippen molar-refractivity contribution < 1.29 is 0 Å². The van der Waals surface area contributed by atoms with Crippen molar-refractivity contribution in [3.8, 4) is 0 Å². The van der Waals surface area contributed by atoms with E-state index in [1.165, 1.54) is 0 Å². The molecule has 9 nitrogen and oxygen atoms in total. The van der Waals surface area contributed by atoms with E-state index in [2.05, 4.69) is 36.0 Å². The van der Waals surface area contributed by atoms with E-state index in [9.17, 15) is 0 Å². The summed E-state index contributed by atoms with van der Waals surface area (Å²) in [4.78, 5) is 8.43. The maximum absolute atomic E-state index is 5.34. The Balaban J connectivity index is 1.91. The van der Waals surface area contributed by atoms with Crippen molar-refractivity contribution in [2.75, 3.05) is 10.7 Å². The molecule has 3 rings (SSSR count). The minimum absolute atomic E-state index is 0.323. The van der Waals surface area contributed by atoms with Gasteiger partial charge in [0.05, 0.1) is 23.8 Å². The number of nitrogens with zero attached hydrogens (tertiary/aromatic N) is 5. The standard InChI is InChI=1S/C10H13N9/c1-19-6(2-3-14-19)4-12-8-7-5-13-18-9(7)16-10(15-8)17-11/h2-3,5H,4,11H2,1H3,(H3,12,13,15,16,17,18). The molecular weight excluding hydrogens is 246 g/mol. The molecule has 0 aromatic carbocycles. The van der Waals surface area contributed by atoms with Crippen LogP contribution in [-0.2, 0) is 13.6 Å². The van der Waals surface area contributed by atoms with Crippen LogP contribution in [0.15, 0.2) is 18.5 Å². The second-order valence-electron chi connectivity index (χ2n) is 3.97. The molecule has 0 spiro atoms. The highest BCUT2D eigenvalue weighted by atomic mass is 15.3. The van der Waals surface area contributed by atoms with E-state index in [1.54, 1.807) is 17.1 Å². The van der Waals surface area contributed by atoms with Crippen LogP contribution >= 0.6 is 0 Å². The summed E-state index contributed by atoms with van der Waals surface area (Å²) in [5.74, 6) is 6.33. The molecule has 0 aliphatic heterocycles. The van der Waals surface area contributed by atoms with E-state index in [-0.39, 0.29) is 0 Å². The Hall–Kier alpha value is -2.68. The minimum Gasteiger partial charge on any atom is -0.364 e. The van der Waals surface area contributed by atoms with Gasteiger partial charge in [-0.2, -0.15) is 20.2 Å². The summed E-state index contributed by atoms with van der Waals surface area (Å²) in [6.45, 7) is 0.595. The van der Waals surface area contributed by atoms with Crippen LogP contribution in [0.4, 0.5) is 11.8 Å². The van der Waals surface area contributed by atoms with Crippen molar-refractivity contribution in [2.24, 2.45) is 12.9 Å². The lowest BCUT2D eigenvalue weighted by Crippen LogP contribution is -2.13. The van der Waals surface area contributed by atoms with Crippen LogP contribution in [0, 0.1) is 0 Å². The number of anilines is 2. The van der Waals surface area contributed by atoms with Crippen LogP contribution < -0.4 is 16.6 Å². The third-order valence-electron chi connectivity index (χ3n) is 2.80. The normalized spacial score (nSPS) is 10.8. The number of rotatable bonds is 4. The summed E-state index contributed by atoms with van der Waals surface area (Å²) in [5.41, 5.74) is 4.09. The van der Waals surface area contributed by atoms with E-state index >= 15 is 0 Å². The molecule has 0 aliphatic carbocycles. The van der Waals surface area contributed by atoms with E-state index in [0.29, 0.717) is 24.0 Å². The second kappa shape index (κ2) is 4.53. The molecule has 9 heteroatoms. The number of aryl methyl sites for hydroxylation is 1. The third-order valence-corrected chi connectivity index (χ3v) is 2.80. The summed E-state index contributed by atoms with van der Waals surface area (Å²) in [5, 5.41) is 14.9. The molecule has 19 heavy (non-hydrogen) atoms. The van der Waals surface area contributed by atoms with Crippen LogP contribution in [0.1, 0.15) is 5.69 Å². The largest absolute Gasteiger partial charge is 0.364 e. The number of nitrogen functional groups attached to an aromatic ring is 1. The molecule has 0 saturated carbocycles. The summed E-state index contributed by atoms with van der Waals surface area (Å²) in [6, 6.07) is 1.93. The van der Waals surface area contributed by atoms with Crippen molar-refractivity contribution in [1.29, 1.82) is 0 Å². The SMILES string of the molecule is Cn1nccc1CNc1nc(NN)nc2[nH]ncc12. The Morgan fingerprint density at radius 1 is 1.42 bits per heavy atom. The molecule has 0 atom stereocenters. The maximum Gasteiger partial charge on any atom is 0.241 e. The number of H-pyrrole nitrogens is 1. The van der Waals surface area contributed by atoms with Gasteiger partial charge in [0.15, 0.2) is 5.65 Å². The zero-order chi connectivity index (χ0) is 13.2. The topological polar surface area (TPSA) is 122 Å². The van der Waals surface area contributed by atoms with Gasteiger partial charge >= 0.3 is 0 Å². The fraction of sp³-hybridized carbons (Fsp3) is 0.200. The summed E-state index contributed by atoms with van der Waals surface area (Å²) in [7, 11) is 1.89. The van der Waals surface area contributed by atoms with Gasteiger partial charge in [-0.1, -0.05) is 0 Å². The first-order valence-corrected chi connectivity index (χ1v) is 5.66. The van der Waals surface area contributed by atoms with Gasteiger partial charge in [0.1, 0.15) is 5.82 Å². The lowest BCUT2D eigenvalue weighted by Gasteiger charge is -2.08. The molecular formula is C10H13N9. The average molecular weight is 259 g/mol. The molecule has 0 bridgehead atoms. The van der Waals surface area contributed by atoms with Crippen molar-refractivity contribution >= 4 is 22.8 Å². The molecule has 3 aromatic heterocycles. The number of nitrogens with one attached hydrogen (secondary N) is 3. The van der Waals surface area contributed by atoms with E-state index in [1.807, 2.05) is 13.1 Å². The number of aromatic nitrogens is 6. The Labute approximate surface area is 108 Å². The highest BCUT2D eigenvalue weighted by Crippen LogP contribution is 2.20. The van der Waals surface area contributed by atoms with Crippen LogP contribution in [0.3, 0.4) is 0 Å². The molecule has 0 amide bonds. The van der Waals surface area contributed by atoms with Crippen LogP contribution in [-0.4, -0.2) is 29.9 Å². The third kappa shape index (κ3) is 2.06. The van der Waals surface area contributed by atoms with Gasteiger partial charge in [-0.05, 0) is 6.07 Å². The maximum atomic E-state index is 5.34. The smallest absolute Gasteiger partial charge is 0.241 e. The molecule has 0 aliphatic rings. The fourth-order valence-electron chi connectivity index (χ4n) is 1.78. The monoisotopic (exact) mass is 259 g/mol. The lowest BCUT2D eigenvalue weighted by atomic mass is 10.3. The van der Waals surface area contributed by atoms with Crippen molar-refractivity contribution in [3.63, 3.8) is 0 Å². The van der Waals surface area contributed by atoms with E-state index < -0.39 is 0 Å². The molecule has 0 radical (unpaired) electrons. The molecule has 0 unspecified atom stereocenters. The number of hydrogen-bond acceptors (Lipinski definition) is 7. The Kier molecular flexibility index (Phi) is 2.72. The number of nitrogens with two attached hydrogens (primary N) is 1. The highest BCUT2D eigenvalue weighted by Gasteiger charge is 2.09. The first-order chi connectivity index (χ1) is 9.28. The molecule has 0 fully saturated rings. The van der Waals surface area contributed by atoms with Crippen LogP contribution in [0.2, 0.25) is 0 Å². The predicted octanol–water partition coefficient (Wildman–Crippen LogP) is -0.0159. The molecule has 98 valence electrons. The van der Waals surface area contributed by atoms with Gasteiger partial charge in [-0.3, -0.25) is 15.2 Å². The molecule has 0 saturated heterocycles. The minimum atomic E-state index is 0.323. The van der Waals surface area contributed by atoms with Gasteiger partial charge in [-0.25, -0.2) is 5.84 Å². The van der Waals surface area contributed by atoms with Crippen LogP contribution in [0.5, 0.6) is 0 Å². The summed E-state index contributed by atoms with van der Waals surface area (Å²) in [6.07, 6.45) is 3.42. The van der Waals surface area contributed by atoms with Crippen molar-refractivity contribution in [1.82, 2.24) is 29.9 Å². The first kappa shape index (κ1) is 11.4. The molecule has 3 aromatic rings. The summed E-state index contributed by atoms with van der Waals surface area (Å²) >= 11 is 0. The van der Waals surface area contributed by atoms with Gasteiger partial charge in [-0.15, -0.1) is 0 Å². The predicted molar refractivity (Wildman–Crippen MR) is 70.0 cm³/mol. The van der Waals surface area contributed by atoms with Gasteiger partial charge in [0, 0.05) is 13.2 Å². The Bertz CT molecular complexity index is 698. The zero-order valence-electron chi connectivity index (χ0n) is 10.3. The summed E-state index contributed by atoms with van der Waals surface area (Å²) < 4.78 is 1.79. The molecule has 5 N–H and O–H groups in total. The van der Waals surface area contributed by atoms with Crippen molar-refractivity contribution in [3.05, 3.63) is 24.2 Å². The average Bonchev–Trinajstić information content (AvgIpc) is 3.04. The number of hydrazine groups is 1. The zero-order valence-corrected chi connectivity index (χ0v) is 10.3. The second-order valence-corrected chi connectivity index (χ2v) is 3.97. The number of fused-ring (bicyclic) bond motifs is 1.